The molecular weight excluding hydrogens is 374 g/mol. The molecule has 1 N–H and O–H groups in total. The first-order chi connectivity index (χ1) is 14.8. The summed E-state index contributed by atoms with van der Waals surface area (Å²) in [4.78, 5) is 20.3. The topological polar surface area (TPSA) is 58.2 Å². The lowest BCUT2D eigenvalue weighted by molar-refractivity contribution is -0.118. The highest BCUT2D eigenvalue weighted by atomic mass is 16.5. The number of aromatic amines is 1. The van der Waals surface area contributed by atoms with Crippen LogP contribution in [0.4, 0.5) is 0 Å². The molecule has 0 bridgehead atoms. The first kappa shape index (κ1) is 25.4. The molecule has 1 aliphatic heterocycles. The first-order valence-corrected chi connectivity index (χ1v) is 11.0. The van der Waals surface area contributed by atoms with Gasteiger partial charge in [-0.1, -0.05) is 58.0 Å². The zero-order chi connectivity index (χ0) is 22.2. The monoisotopic (exact) mass is 411 g/mol. The summed E-state index contributed by atoms with van der Waals surface area (Å²) >= 11 is 0. The van der Waals surface area contributed by atoms with Crippen molar-refractivity contribution in [3.63, 3.8) is 0 Å². The number of benzene rings is 1. The molecule has 1 fully saturated rings. The Morgan fingerprint density at radius 1 is 1.13 bits per heavy atom. The number of aromatic nitrogens is 2. The van der Waals surface area contributed by atoms with Crippen molar-refractivity contribution in [2.75, 3.05) is 13.7 Å². The number of nitrogens with one attached hydrogen (secondary N) is 1. The van der Waals surface area contributed by atoms with E-state index in [1.807, 2.05) is 75.2 Å². The van der Waals surface area contributed by atoms with Crippen LogP contribution in [-0.4, -0.2) is 41.0 Å². The largest absolute Gasteiger partial charge is 0.380 e. The second-order valence-electron chi connectivity index (χ2n) is 6.48. The van der Waals surface area contributed by atoms with Gasteiger partial charge >= 0.3 is 0 Å². The van der Waals surface area contributed by atoms with Crippen molar-refractivity contribution in [3.8, 4) is 0 Å². The van der Waals surface area contributed by atoms with Crippen LogP contribution in [0.15, 0.2) is 54.9 Å². The minimum atomic E-state index is 0.353. The smallest absolute Gasteiger partial charge is 0.209 e. The van der Waals surface area contributed by atoms with Crippen molar-refractivity contribution >= 4 is 17.4 Å². The maximum atomic E-state index is 10.9. The molecule has 1 aromatic carbocycles. The number of carbonyl (C=O) groups is 1. The van der Waals surface area contributed by atoms with Gasteiger partial charge in [-0.3, -0.25) is 4.79 Å². The summed E-state index contributed by atoms with van der Waals surface area (Å²) in [6, 6.07) is 14.5. The summed E-state index contributed by atoms with van der Waals surface area (Å²) in [6.45, 7) is 9.61. The van der Waals surface area contributed by atoms with E-state index in [1.165, 1.54) is 16.5 Å². The number of amides is 1. The Balaban J connectivity index is 0.000000294. The summed E-state index contributed by atoms with van der Waals surface area (Å²) < 4.78 is 4.93. The Labute approximate surface area is 181 Å². The molecule has 1 saturated heterocycles. The number of methoxy groups -OCH3 is 1. The van der Waals surface area contributed by atoms with Crippen LogP contribution in [0.3, 0.4) is 0 Å². The fraction of sp³-hybridized carbons (Fsp3) is 0.440. The van der Waals surface area contributed by atoms with Gasteiger partial charge in [-0.05, 0) is 42.5 Å². The first-order valence-electron chi connectivity index (χ1n) is 11.0. The standard InChI is InChI=1S/C13H15N3O.C8H10O.2C2H6/c17-9-16-6-2-3-11(16)7-10-8-15-13-12(10)4-1-5-14-13;1-9-7-8-5-3-2-4-6-8;2*1-2/h1,4-5,8-9,11H,2-3,6-7H2,(H,14,15);2-6H,7H2,1H3;2*1-2H3. The van der Waals surface area contributed by atoms with Gasteiger partial charge in [0, 0.05) is 37.5 Å². The molecule has 1 aliphatic rings. The fourth-order valence-electron chi connectivity index (χ4n) is 3.39. The number of likely N-dealkylation sites (tertiary alicyclic amines) is 1. The molecule has 2 aromatic heterocycles. The van der Waals surface area contributed by atoms with E-state index in [-0.39, 0.29) is 0 Å². The van der Waals surface area contributed by atoms with Gasteiger partial charge in [0.2, 0.25) is 6.41 Å². The normalized spacial score (nSPS) is 14.6. The third-order valence-corrected chi connectivity index (χ3v) is 4.70. The predicted octanol–water partition coefficient (Wildman–Crippen LogP) is 5.61. The molecule has 5 heteroatoms. The average Bonchev–Trinajstić information content (AvgIpc) is 3.45. The van der Waals surface area contributed by atoms with Gasteiger partial charge in [0.15, 0.2) is 0 Å². The lowest BCUT2D eigenvalue weighted by atomic mass is 10.0. The molecule has 1 atom stereocenters. The zero-order valence-corrected chi connectivity index (χ0v) is 19.1. The van der Waals surface area contributed by atoms with Crippen molar-refractivity contribution < 1.29 is 9.53 Å². The van der Waals surface area contributed by atoms with Crippen LogP contribution in [0.5, 0.6) is 0 Å². The quantitative estimate of drug-likeness (QED) is 0.555. The maximum Gasteiger partial charge on any atom is 0.209 e. The van der Waals surface area contributed by atoms with Gasteiger partial charge < -0.3 is 14.6 Å². The average molecular weight is 412 g/mol. The number of fused-ring (bicyclic) bond motifs is 1. The lowest BCUT2D eigenvalue weighted by Crippen LogP contribution is -2.29. The minimum Gasteiger partial charge on any atom is -0.380 e. The number of carbonyl (C=O) groups excluding carboxylic acids is 1. The fourth-order valence-corrected chi connectivity index (χ4v) is 3.39. The Morgan fingerprint density at radius 2 is 1.87 bits per heavy atom. The van der Waals surface area contributed by atoms with E-state index < -0.39 is 0 Å². The molecule has 30 heavy (non-hydrogen) atoms. The third kappa shape index (κ3) is 7.64. The van der Waals surface area contributed by atoms with E-state index in [2.05, 4.69) is 16.0 Å². The van der Waals surface area contributed by atoms with Crippen molar-refractivity contribution in [3.05, 3.63) is 66.0 Å². The van der Waals surface area contributed by atoms with Crippen molar-refractivity contribution in [1.29, 1.82) is 0 Å². The number of ether oxygens (including phenoxy) is 1. The van der Waals surface area contributed by atoms with Crippen molar-refractivity contribution in [2.45, 2.75) is 59.6 Å². The van der Waals surface area contributed by atoms with Gasteiger partial charge in [-0.15, -0.1) is 0 Å². The summed E-state index contributed by atoms with van der Waals surface area (Å²) in [5, 5.41) is 1.17. The van der Waals surface area contributed by atoms with E-state index >= 15 is 0 Å². The molecule has 1 unspecified atom stereocenters. The van der Waals surface area contributed by atoms with Gasteiger partial charge in [-0.25, -0.2) is 4.98 Å². The third-order valence-electron chi connectivity index (χ3n) is 4.70. The Kier molecular flexibility index (Phi) is 12.9. The van der Waals surface area contributed by atoms with Crippen LogP contribution in [0.2, 0.25) is 0 Å². The molecule has 4 rings (SSSR count). The second kappa shape index (κ2) is 15.2. The molecule has 3 aromatic rings. The Bertz CT molecular complexity index is 817. The van der Waals surface area contributed by atoms with E-state index in [1.54, 1.807) is 13.3 Å². The molecule has 3 heterocycles. The predicted molar refractivity (Wildman–Crippen MR) is 125 cm³/mol. The number of rotatable bonds is 5. The molecule has 0 spiro atoms. The number of pyridine rings is 1. The van der Waals surface area contributed by atoms with Crippen LogP contribution in [0.25, 0.3) is 11.0 Å². The zero-order valence-electron chi connectivity index (χ0n) is 19.1. The Hall–Kier alpha value is -2.66. The van der Waals surface area contributed by atoms with Gasteiger partial charge in [-0.2, -0.15) is 0 Å². The maximum absolute atomic E-state index is 10.9. The Morgan fingerprint density at radius 3 is 2.53 bits per heavy atom. The van der Waals surface area contributed by atoms with Crippen LogP contribution in [0.1, 0.15) is 51.7 Å². The van der Waals surface area contributed by atoms with Crippen LogP contribution < -0.4 is 0 Å². The number of H-pyrrole nitrogens is 1. The summed E-state index contributed by atoms with van der Waals surface area (Å²) in [7, 11) is 1.70. The van der Waals surface area contributed by atoms with Crippen LogP contribution in [0, 0.1) is 0 Å². The van der Waals surface area contributed by atoms with Gasteiger partial charge in [0.1, 0.15) is 5.65 Å². The van der Waals surface area contributed by atoms with Crippen LogP contribution >= 0.6 is 0 Å². The molecule has 1 amide bonds. The van der Waals surface area contributed by atoms with Gasteiger partial charge in [0.05, 0.1) is 6.61 Å². The van der Waals surface area contributed by atoms with Crippen molar-refractivity contribution in [1.82, 2.24) is 14.9 Å². The van der Waals surface area contributed by atoms with E-state index in [9.17, 15) is 4.79 Å². The SMILES string of the molecule is CC.CC.COCc1ccccc1.O=CN1CCCC1Cc1c[nH]c2ncccc12. The highest BCUT2D eigenvalue weighted by molar-refractivity contribution is 5.79. The summed E-state index contributed by atoms with van der Waals surface area (Å²) in [6.07, 6.45) is 7.92. The molecule has 5 nitrogen and oxygen atoms in total. The minimum absolute atomic E-state index is 0.353. The highest BCUT2D eigenvalue weighted by Crippen LogP contribution is 2.23. The number of hydrogen-bond acceptors (Lipinski definition) is 3. The molecule has 0 saturated carbocycles. The van der Waals surface area contributed by atoms with Crippen LogP contribution in [-0.2, 0) is 22.6 Å². The summed E-state index contributed by atoms with van der Waals surface area (Å²) in [5.74, 6) is 0. The van der Waals surface area contributed by atoms with E-state index in [0.717, 1.165) is 37.9 Å². The number of nitrogens with zero attached hydrogens (tertiary/aromatic N) is 2. The van der Waals surface area contributed by atoms with Gasteiger partial charge in [0.25, 0.3) is 0 Å². The van der Waals surface area contributed by atoms with E-state index in [0.29, 0.717) is 12.6 Å². The summed E-state index contributed by atoms with van der Waals surface area (Å²) in [5.41, 5.74) is 3.41. The molecule has 0 aliphatic carbocycles. The second-order valence-corrected chi connectivity index (χ2v) is 6.48. The molecule has 0 radical (unpaired) electrons. The van der Waals surface area contributed by atoms with E-state index in [4.69, 9.17) is 4.74 Å². The number of hydrogen-bond donors (Lipinski definition) is 1. The molecular formula is C25H37N3O2. The lowest BCUT2D eigenvalue weighted by Gasteiger charge is -2.19. The highest BCUT2D eigenvalue weighted by Gasteiger charge is 2.23. The van der Waals surface area contributed by atoms with Crippen molar-refractivity contribution in [2.24, 2.45) is 0 Å². The molecule has 164 valence electrons.